The first-order valence-electron chi connectivity index (χ1n) is 5.24. The molecule has 4 heteroatoms. The van der Waals surface area contributed by atoms with Gasteiger partial charge in [0.2, 0.25) is 5.91 Å². The Morgan fingerprint density at radius 1 is 1.64 bits per heavy atom. The van der Waals surface area contributed by atoms with E-state index in [1.807, 2.05) is 0 Å². The fraction of sp³-hybridized carbons (Fsp3) is 0.900. The molecule has 2 atom stereocenters. The first kappa shape index (κ1) is 11.5. The van der Waals surface area contributed by atoms with Crippen LogP contribution in [0.5, 0.6) is 0 Å². The Labute approximate surface area is 85.4 Å². The van der Waals surface area contributed by atoms with E-state index in [2.05, 4.69) is 17.6 Å². The highest BCUT2D eigenvalue weighted by Crippen LogP contribution is 2.15. The zero-order chi connectivity index (χ0) is 10.4. The van der Waals surface area contributed by atoms with E-state index in [4.69, 9.17) is 4.74 Å². The molecule has 0 radical (unpaired) electrons. The standard InChI is InChI=1S/C10H20N2O2/c1-8-7-9(3-4-11-8)10(13)12-5-6-14-2/h8-9,11H,3-7H2,1-2H3,(H,12,13). The third kappa shape index (κ3) is 3.64. The van der Waals surface area contributed by atoms with Crippen LogP contribution < -0.4 is 10.6 Å². The van der Waals surface area contributed by atoms with Crippen molar-refractivity contribution in [1.29, 1.82) is 0 Å². The Morgan fingerprint density at radius 2 is 2.43 bits per heavy atom. The summed E-state index contributed by atoms with van der Waals surface area (Å²) in [4.78, 5) is 11.6. The summed E-state index contributed by atoms with van der Waals surface area (Å²) in [5, 5.41) is 6.21. The Balaban J connectivity index is 2.22. The minimum atomic E-state index is 0.176. The van der Waals surface area contributed by atoms with Crippen molar-refractivity contribution in [2.45, 2.75) is 25.8 Å². The highest BCUT2D eigenvalue weighted by molar-refractivity contribution is 5.78. The van der Waals surface area contributed by atoms with Crippen LogP contribution in [0.15, 0.2) is 0 Å². The summed E-state index contributed by atoms with van der Waals surface area (Å²) >= 11 is 0. The summed E-state index contributed by atoms with van der Waals surface area (Å²) in [6, 6.07) is 0.460. The van der Waals surface area contributed by atoms with E-state index < -0.39 is 0 Å². The van der Waals surface area contributed by atoms with Crippen LogP contribution in [-0.4, -0.2) is 38.8 Å². The second-order valence-electron chi connectivity index (χ2n) is 3.86. The smallest absolute Gasteiger partial charge is 0.223 e. The predicted octanol–water partition coefficient (Wildman–Crippen LogP) is 0.137. The van der Waals surface area contributed by atoms with Gasteiger partial charge in [-0.05, 0) is 26.3 Å². The number of ether oxygens (including phenoxy) is 1. The average Bonchev–Trinajstić information content (AvgIpc) is 2.18. The number of amides is 1. The number of methoxy groups -OCH3 is 1. The number of carbonyl (C=O) groups is 1. The molecule has 1 aliphatic heterocycles. The van der Waals surface area contributed by atoms with E-state index in [9.17, 15) is 4.79 Å². The molecule has 1 aliphatic rings. The van der Waals surface area contributed by atoms with E-state index in [0.717, 1.165) is 19.4 Å². The van der Waals surface area contributed by atoms with Crippen LogP contribution in [-0.2, 0) is 9.53 Å². The highest BCUT2D eigenvalue weighted by Gasteiger charge is 2.23. The number of nitrogens with one attached hydrogen (secondary N) is 2. The van der Waals surface area contributed by atoms with Crippen LogP contribution in [0, 0.1) is 5.92 Å². The molecule has 0 aromatic heterocycles. The van der Waals surface area contributed by atoms with Gasteiger partial charge in [-0.2, -0.15) is 0 Å². The molecule has 0 aliphatic carbocycles. The zero-order valence-electron chi connectivity index (χ0n) is 9.01. The van der Waals surface area contributed by atoms with E-state index in [1.54, 1.807) is 7.11 Å². The molecule has 4 nitrogen and oxygen atoms in total. The van der Waals surface area contributed by atoms with Gasteiger partial charge in [0.15, 0.2) is 0 Å². The molecule has 1 fully saturated rings. The lowest BCUT2D eigenvalue weighted by Crippen LogP contribution is -2.43. The summed E-state index contributed by atoms with van der Waals surface area (Å²) in [6.45, 7) is 4.28. The molecule has 0 saturated carbocycles. The molecule has 82 valence electrons. The normalized spacial score (nSPS) is 27.3. The second-order valence-corrected chi connectivity index (χ2v) is 3.86. The molecule has 2 N–H and O–H groups in total. The SMILES string of the molecule is COCCNC(=O)C1CCNC(C)C1. The maximum atomic E-state index is 11.6. The highest BCUT2D eigenvalue weighted by atomic mass is 16.5. The average molecular weight is 200 g/mol. The van der Waals surface area contributed by atoms with Gasteiger partial charge in [0.25, 0.3) is 0 Å². The van der Waals surface area contributed by atoms with E-state index in [1.165, 1.54) is 0 Å². The fourth-order valence-electron chi connectivity index (χ4n) is 1.79. The Hall–Kier alpha value is -0.610. The molecule has 1 saturated heterocycles. The van der Waals surface area contributed by atoms with Gasteiger partial charge >= 0.3 is 0 Å². The van der Waals surface area contributed by atoms with Crippen molar-refractivity contribution in [3.63, 3.8) is 0 Å². The number of carbonyl (C=O) groups excluding carboxylic acids is 1. The van der Waals surface area contributed by atoms with Gasteiger partial charge in [0, 0.05) is 25.6 Å². The Morgan fingerprint density at radius 3 is 3.07 bits per heavy atom. The van der Waals surface area contributed by atoms with Crippen molar-refractivity contribution in [2.24, 2.45) is 5.92 Å². The molecule has 0 bridgehead atoms. The summed E-state index contributed by atoms with van der Waals surface area (Å²) in [5.41, 5.74) is 0. The number of hydrogen-bond donors (Lipinski definition) is 2. The van der Waals surface area contributed by atoms with Crippen LogP contribution >= 0.6 is 0 Å². The first-order chi connectivity index (χ1) is 6.74. The van der Waals surface area contributed by atoms with Gasteiger partial charge in [-0.15, -0.1) is 0 Å². The van der Waals surface area contributed by atoms with Crippen molar-refractivity contribution < 1.29 is 9.53 Å². The van der Waals surface area contributed by atoms with Crippen molar-refractivity contribution >= 4 is 5.91 Å². The summed E-state index contributed by atoms with van der Waals surface area (Å²) in [6.07, 6.45) is 1.89. The van der Waals surface area contributed by atoms with Gasteiger partial charge in [-0.3, -0.25) is 4.79 Å². The molecule has 0 aromatic rings. The summed E-state index contributed by atoms with van der Waals surface area (Å²) < 4.78 is 4.87. The zero-order valence-corrected chi connectivity index (χ0v) is 9.01. The van der Waals surface area contributed by atoms with E-state index >= 15 is 0 Å². The van der Waals surface area contributed by atoms with Crippen molar-refractivity contribution in [2.75, 3.05) is 26.8 Å². The number of piperidine rings is 1. The third-order valence-electron chi connectivity index (χ3n) is 2.60. The molecule has 1 amide bonds. The lowest BCUT2D eigenvalue weighted by molar-refractivity contribution is -0.126. The monoisotopic (exact) mass is 200 g/mol. The first-order valence-corrected chi connectivity index (χ1v) is 5.24. The van der Waals surface area contributed by atoms with Crippen LogP contribution in [0.4, 0.5) is 0 Å². The molecule has 1 rings (SSSR count). The van der Waals surface area contributed by atoms with Gasteiger partial charge in [-0.1, -0.05) is 0 Å². The van der Waals surface area contributed by atoms with Gasteiger partial charge in [0.1, 0.15) is 0 Å². The van der Waals surface area contributed by atoms with Gasteiger partial charge < -0.3 is 15.4 Å². The molecule has 2 unspecified atom stereocenters. The molecule has 0 spiro atoms. The van der Waals surface area contributed by atoms with E-state index in [-0.39, 0.29) is 11.8 Å². The second kappa shape index (κ2) is 5.98. The van der Waals surface area contributed by atoms with Crippen LogP contribution in [0.3, 0.4) is 0 Å². The summed E-state index contributed by atoms with van der Waals surface area (Å²) in [7, 11) is 1.64. The summed E-state index contributed by atoms with van der Waals surface area (Å²) in [5.74, 6) is 0.360. The molecular formula is C10H20N2O2. The minimum absolute atomic E-state index is 0.176. The van der Waals surface area contributed by atoms with Crippen LogP contribution in [0.1, 0.15) is 19.8 Å². The maximum absolute atomic E-state index is 11.6. The topological polar surface area (TPSA) is 50.4 Å². The minimum Gasteiger partial charge on any atom is -0.383 e. The van der Waals surface area contributed by atoms with Crippen LogP contribution in [0.25, 0.3) is 0 Å². The predicted molar refractivity (Wildman–Crippen MR) is 55.1 cm³/mol. The molecular weight excluding hydrogens is 180 g/mol. The van der Waals surface area contributed by atoms with Gasteiger partial charge in [0.05, 0.1) is 6.61 Å². The molecule has 1 heterocycles. The third-order valence-corrected chi connectivity index (χ3v) is 2.60. The number of hydrogen-bond acceptors (Lipinski definition) is 3. The Kier molecular flexibility index (Phi) is 4.90. The largest absolute Gasteiger partial charge is 0.383 e. The molecule has 14 heavy (non-hydrogen) atoms. The fourth-order valence-corrected chi connectivity index (χ4v) is 1.79. The van der Waals surface area contributed by atoms with Crippen molar-refractivity contribution in [3.05, 3.63) is 0 Å². The lowest BCUT2D eigenvalue weighted by Gasteiger charge is -2.27. The van der Waals surface area contributed by atoms with Crippen molar-refractivity contribution in [3.8, 4) is 0 Å². The van der Waals surface area contributed by atoms with Crippen LogP contribution in [0.2, 0.25) is 0 Å². The van der Waals surface area contributed by atoms with E-state index in [0.29, 0.717) is 19.2 Å². The molecule has 0 aromatic carbocycles. The van der Waals surface area contributed by atoms with Crippen molar-refractivity contribution in [1.82, 2.24) is 10.6 Å². The lowest BCUT2D eigenvalue weighted by atomic mass is 9.92. The Bertz CT molecular complexity index is 185. The maximum Gasteiger partial charge on any atom is 0.223 e. The number of rotatable bonds is 4. The van der Waals surface area contributed by atoms with Gasteiger partial charge in [-0.25, -0.2) is 0 Å². The quantitative estimate of drug-likeness (QED) is 0.635.